The Balaban J connectivity index is 2.05. The number of carbonyl (C=O) groups is 2. The van der Waals surface area contributed by atoms with Crippen molar-refractivity contribution in [2.24, 2.45) is 0 Å². The van der Waals surface area contributed by atoms with E-state index in [0.717, 1.165) is 37.1 Å². The van der Waals surface area contributed by atoms with Crippen LogP contribution < -0.4 is 15.5 Å². The van der Waals surface area contributed by atoms with Crippen molar-refractivity contribution in [1.29, 1.82) is 0 Å². The molecule has 1 aliphatic rings. The molecule has 26 heavy (non-hydrogen) atoms. The normalized spacial score (nSPS) is 18.0. The highest BCUT2D eigenvalue weighted by molar-refractivity contribution is 6.06. The van der Waals surface area contributed by atoms with Crippen molar-refractivity contribution in [2.45, 2.75) is 38.6 Å². The zero-order valence-corrected chi connectivity index (χ0v) is 15.1. The number of carbonyl (C=O) groups excluding carboxylic acids is 2. The summed E-state index contributed by atoms with van der Waals surface area (Å²) < 4.78 is 1.68. The maximum atomic E-state index is 11.6. The van der Waals surface area contributed by atoms with Gasteiger partial charge in [-0.05, 0) is 31.7 Å². The van der Waals surface area contributed by atoms with Crippen molar-refractivity contribution in [3.63, 3.8) is 0 Å². The fourth-order valence-electron chi connectivity index (χ4n) is 3.38. The number of anilines is 1. The molecule has 1 aliphatic heterocycles. The Hall–Kier alpha value is -2.90. The van der Waals surface area contributed by atoms with Crippen LogP contribution in [0.15, 0.2) is 24.7 Å². The standard InChI is InChI=1S/C18H24N6O2/c1-3-14-6-4-5-8-23(14)16-10-15(22-24-9-7-20-17(16)24)13(12-25)11-21-18(26)19-2/h7,9-12,14H,3-6,8H2,1-2H3,(H2,19,21,26)/b13-11+. The fourth-order valence-corrected chi connectivity index (χ4v) is 3.38. The van der Waals surface area contributed by atoms with Crippen molar-refractivity contribution < 1.29 is 9.59 Å². The molecule has 0 spiro atoms. The molecule has 1 saturated heterocycles. The van der Waals surface area contributed by atoms with E-state index in [1.165, 1.54) is 19.7 Å². The van der Waals surface area contributed by atoms with E-state index in [4.69, 9.17) is 0 Å². The molecule has 138 valence electrons. The van der Waals surface area contributed by atoms with Gasteiger partial charge in [-0.15, -0.1) is 0 Å². The van der Waals surface area contributed by atoms with Crippen molar-refractivity contribution >= 4 is 29.2 Å². The summed E-state index contributed by atoms with van der Waals surface area (Å²) in [6.07, 6.45) is 10.1. The first kappa shape index (κ1) is 17.9. The van der Waals surface area contributed by atoms with Gasteiger partial charge in [0.15, 0.2) is 11.9 Å². The first-order valence-corrected chi connectivity index (χ1v) is 8.93. The predicted octanol–water partition coefficient (Wildman–Crippen LogP) is 1.97. The maximum absolute atomic E-state index is 11.6. The monoisotopic (exact) mass is 356 g/mol. The molecule has 0 saturated carbocycles. The van der Waals surface area contributed by atoms with Gasteiger partial charge in [0, 0.05) is 38.2 Å². The van der Waals surface area contributed by atoms with Gasteiger partial charge in [0.05, 0.1) is 17.0 Å². The molecule has 2 aromatic heterocycles. The minimum Gasteiger partial charge on any atom is -0.365 e. The number of rotatable bonds is 5. The first-order chi connectivity index (χ1) is 12.7. The number of imidazole rings is 1. The van der Waals surface area contributed by atoms with E-state index >= 15 is 0 Å². The molecular weight excluding hydrogens is 332 g/mol. The van der Waals surface area contributed by atoms with Gasteiger partial charge >= 0.3 is 6.03 Å². The number of urea groups is 1. The smallest absolute Gasteiger partial charge is 0.318 e. The highest BCUT2D eigenvalue weighted by atomic mass is 16.2. The SMILES string of the molecule is CCC1CCCCN1c1cc(/C(C=O)=C/NC(=O)NC)nn2ccnc12. The lowest BCUT2D eigenvalue weighted by atomic mass is 9.99. The minimum absolute atomic E-state index is 0.301. The van der Waals surface area contributed by atoms with E-state index in [2.05, 4.69) is 32.5 Å². The number of allylic oxidation sites excluding steroid dienone is 1. The molecule has 2 aromatic rings. The molecule has 2 amide bonds. The average molecular weight is 356 g/mol. The number of nitrogens with zero attached hydrogens (tertiary/aromatic N) is 4. The highest BCUT2D eigenvalue weighted by Gasteiger charge is 2.24. The van der Waals surface area contributed by atoms with E-state index in [-0.39, 0.29) is 0 Å². The number of aldehydes is 1. The summed E-state index contributed by atoms with van der Waals surface area (Å²) in [6.45, 7) is 3.15. The quantitative estimate of drug-likeness (QED) is 0.631. The highest BCUT2D eigenvalue weighted by Crippen LogP contribution is 2.30. The molecule has 0 aliphatic carbocycles. The van der Waals surface area contributed by atoms with Crippen molar-refractivity contribution in [2.75, 3.05) is 18.5 Å². The number of hydrogen-bond donors (Lipinski definition) is 2. The summed E-state index contributed by atoms with van der Waals surface area (Å²) in [5, 5.41) is 9.44. The van der Waals surface area contributed by atoms with Gasteiger partial charge in [0.25, 0.3) is 0 Å². The van der Waals surface area contributed by atoms with Crippen LogP contribution in [0.3, 0.4) is 0 Å². The zero-order valence-electron chi connectivity index (χ0n) is 15.1. The lowest BCUT2D eigenvalue weighted by Crippen LogP contribution is -2.39. The van der Waals surface area contributed by atoms with Crippen LogP contribution in [0, 0.1) is 0 Å². The summed E-state index contributed by atoms with van der Waals surface area (Å²) in [5.41, 5.74) is 2.55. The molecule has 0 bridgehead atoms. The molecule has 3 rings (SSSR count). The van der Waals surface area contributed by atoms with Crippen LogP contribution in [0.25, 0.3) is 11.2 Å². The summed E-state index contributed by atoms with van der Waals surface area (Å²) in [6, 6.07) is 1.95. The van der Waals surface area contributed by atoms with Crippen LogP contribution in [0.5, 0.6) is 0 Å². The lowest BCUT2D eigenvalue weighted by molar-refractivity contribution is -0.103. The van der Waals surface area contributed by atoms with Crippen molar-refractivity contribution in [3.8, 4) is 0 Å². The number of hydrogen-bond acceptors (Lipinski definition) is 5. The van der Waals surface area contributed by atoms with Gasteiger partial charge in [-0.2, -0.15) is 5.10 Å². The van der Waals surface area contributed by atoms with Crippen LogP contribution in [0.4, 0.5) is 10.5 Å². The molecule has 0 radical (unpaired) electrons. The topological polar surface area (TPSA) is 91.6 Å². The van der Waals surface area contributed by atoms with Gasteiger partial charge in [-0.25, -0.2) is 14.3 Å². The van der Waals surface area contributed by atoms with Crippen molar-refractivity contribution in [1.82, 2.24) is 25.2 Å². The van der Waals surface area contributed by atoms with Crippen molar-refractivity contribution in [3.05, 3.63) is 30.4 Å². The van der Waals surface area contributed by atoms with Gasteiger partial charge in [-0.1, -0.05) is 6.92 Å². The van der Waals surface area contributed by atoms with E-state index < -0.39 is 6.03 Å². The molecule has 8 nitrogen and oxygen atoms in total. The third kappa shape index (κ3) is 3.54. The first-order valence-electron chi connectivity index (χ1n) is 8.93. The lowest BCUT2D eigenvalue weighted by Gasteiger charge is -2.37. The van der Waals surface area contributed by atoms with Crippen LogP contribution in [-0.4, -0.2) is 46.5 Å². The van der Waals surface area contributed by atoms with Gasteiger partial charge in [0.1, 0.15) is 0 Å². The largest absolute Gasteiger partial charge is 0.365 e. The Labute approximate surface area is 152 Å². The summed E-state index contributed by atoms with van der Waals surface area (Å²) in [4.78, 5) is 29.8. The number of piperidine rings is 1. The predicted molar refractivity (Wildman–Crippen MR) is 99.9 cm³/mol. The van der Waals surface area contributed by atoms with Crippen LogP contribution >= 0.6 is 0 Å². The number of fused-ring (bicyclic) bond motifs is 1. The number of nitrogens with one attached hydrogen (secondary N) is 2. The Bertz CT molecular complexity index is 828. The Kier molecular flexibility index (Phi) is 5.50. The number of aromatic nitrogens is 3. The van der Waals surface area contributed by atoms with E-state index in [1.807, 2.05) is 6.07 Å². The third-order valence-corrected chi connectivity index (χ3v) is 4.76. The second kappa shape index (κ2) is 7.99. The Morgan fingerprint density at radius 3 is 3.00 bits per heavy atom. The van der Waals surface area contributed by atoms with E-state index in [9.17, 15) is 9.59 Å². The molecule has 2 N–H and O–H groups in total. The summed E-state index contributed by atoms with van der Waals surface area (Å²) in [7, 11) is 1.51. The molecule has 1 unspecified atom stereocenters. The van der Waals surface area contributed by atoms with Gasteiger partial charge in [0.2, 0.25) is 0 Å². The zero-order chi connectivity index (χ0) is 18.5. The maximum Gasteiger partial charge on any atom is 0.318 e. The molecule has 1 atom stereocenters. The Morgan fingerprint density at radius 2 is 2.27 bits per heavy atom. The number of amides is 2. The molecule has 1 fully saturated rings. The van der Waals surface area contributed by atoms with Crippen LogP contribution in [0.1, 0.15) is 38.3 Å². The van der Waals surface area contributed by atoms with Gasteiger partial charge in [-0.3, -0.25) is 4.79 Å². The van der Waals surface area contributed by atoms with Crippen LogP contribution in [-0.2, 0) is 4.79 Å². The molecule has 8 heteroatoms. The molecular formula is C18H24N6O2. The Morgan fingerprint density at radius 1 is 1.42 bits per heavy atom. The summed E-state index contributed by atoms with van der Waals surface area (Å²) >= 11 is 0. The summed E-state index contributed by atoms with van der Waals surface area (Å²) in [5.74, 6) is 0. The second-order valence-corrected chi connectivity index (χ2v) is 6.30. The average Bonchev–Trinajstić information content (AvgIpc) is 3.16. The molecule has 0 aromatic carbocycles. The minimum atomic E-state index is -0.393. The third-order valence-electron chi connectivity index (χ3n) is 4.76. The fraction of sp³-hybridized carbons (Fsp3) is 0.444. The van der Waals surface area contributed by atoms with Crippen LogP contribution in [0.2, 0.25) is 0 Å². The van der Waals surface area contributed by atoms with Gasteiger partial charge < -0.3 is 15.5 Å². The second-order valence-electron chi connectivity index (χ2n) is 6.30. The molecule has 3 heterocycles. The van der Waals surface area contributed by atoms with E-state index in [1.54, 1.807) is 16.9 Å². The van der Waals surface area contributed by atoms with E-state index in [0.29, 0.717) is 23.6 Å².